The van der Waals surface area contributed by atoms with Gasteiger partial charge in [0.15, 0.2) is 5.96 Å². The molecule has 0 radical (unpaired) electrons. The van der Waals surface area contributed by atoms with Crippen LogP contribution in [-0.4, -0.2) is 50.1 Å². The summed E-state index contributed by atoms with van der Waals surface area (Å²) in [5.74, 6) is 0.270. The summed E-state index contributed by atoms with van der Waals surface area (Å²) in [7, 11) is 2.58. The average molecular weight is 306 g/mol. The van der Waals surface area contributed by atoms with Crippen molar-refractivity contribution in [3.8, 4) is 0 Å². The van der Waals surface area contributed by atoms with Crippen molar-refractivity contribution in [3.63, 3.8) is 0 Å². The molecule has 0 unspecified atom stereocenters. The van der Waals surface area contributed by atoms with Gasteiger partial charge in [-0.3, -0.25) is 9.79 Å². The molecule has 1 heterocycles. The Morgan fingerprint density at radius 2 is 2.14 bits per heavy atom. The monoisotopic (exact) mass is 306 g/mol. The zero-order valence-electron chi connectivity index (χ0n) is 11.7. The van der Waals surface area contributed by atoms with Gasteiger partial charge in [0.2, 0.25) is 5.91 Å². The third kappa shape index (κ3) is 6.68. The molecule has 0 aliphatic heterocycles. The summed E-state index contributed by atoms with van der Waals surface area (Å²) in [6.45, 7) is -1.23. The highest BCUT2D eigenvalue weighted by atomic mass is 19.4. The zero-order valence-corrected chi connectivity index (χ0v) is 11.7. The molecule has 0 fully saturated rings. The first-order valence-corrected chi connectivity index (χ1v) is 6.09. The second-order valence-electron chi connectivity index (χ2n) is 4.22. The van der Waals surface area contributed by atoms with Gasteiger partial charge >= 0.3 is 6.18 Å². The van der Waals surface area contributed by atoms with Crippen LogP contribution in [0, 0.1) is 0 Å². The van der Waals surface area contributed by atoms with Gasteiger partial charge in [-0.2, -0.15) is 13.2 Å². The lowest BCUT2D eigenvalue weighted by molar-refractivity contribution is -0.157. The fraction of sp³-hybridized carbons (Fsp3) is 0.500. The summed E-state index contributed by atoms with van der Waals surface area (Å²) in [6, 6.07) is 3.48. The molecule has 9 heteroatoms. The van der Waals surface area contributed by atoms with Gasteiger partial charge in [-0.05, 0) is 12.1 Å². The van der Waals surface area contributed by atoms with E-state index in [0.717, 1.165) is 7.05 Å². The highest BCUT2D eigenvalue weighted by Crippen LogP contribution is 2.15. The number of nitrogens with zero attached hydrogens (tertiary/aromatic N) is 2. The number of likely N-dealkylation sites (N-methyl/N-ethyl adjacent to an activating group) is 1. The van der Waals surface area contributed by atoms with Gasteiger partial charge in [-0.1, -0.05) is 0 Å². The van der Waals surface area contributed by atoms with Crippen LogP contribution in [0.4, 0.5) is 13.2 Å². The Morgan fingerprint density at radius 3 is 2.67 bits per heavy atom. The molecule has 1 aromatic heterocycles. The number of rotatable bonds is 5. The summed E-state index contributed by atoms with van der Waals surface area (Å²) in [6.07, 6.45) is -2.90. The smallest absolute Gasteiger partial charge is 0.406 e. The quantitative estimate of drug-likeness (QED) is 0.628. The van der Waals surface area contributed by atoms with Crippen LogP contribution in [0.25, 0.3) is 0 Å². The number of hydrogen-bond donors (Lipinski definition) is 2. The molecule has 0 atom stereocenters. The molecule has 1 amide bonds. The Hall–Kier alpha value is -2.19. The second kappa shape index (κ2) is 7.55. The van der Waals surface area contributed by atoms with Crippen LogP contribution in [0.3, 0.4) is 0 Å². The number of aliphatic imine (C=N–C) groups is 1. The molecule has 21 heavy (non-hydrogen) atoms. The van der Waals surface area contributed by atoms with E-state index in [-0.39, 0.29) is 6.54 Å². The van der Waals surface area contributed by atoms with Crippen molar-refractivity contribution in [1.82, 2.24) is 15.5 Å². The Bertz CT molecular complexity index is 471. The molecule has 0 spiro atoms. The molecule has 1 aromatic rings. The molecular formula is C12H17F3N4O2. The number of carbonyl (C=O) groups is 1. The van der Waals surface area contributed by atoms with Gasteiger partial charge < -0.3 is 20.0 Å². The Morgan fingerprint density at radius 1 is 1.43 bits per heavy atom. The van der Waals surface area contributed by atoms with Crippen LogP contribution < -0.4 is 10.6 Å². The minimum atomic E-state index is -4.41. The Labute approximate surface area is 120 Å². The highest BCUT2D eigenvalue weighted by Gasteiger charge is 2.31. The van der Waals surface area contributed by atoms with Crippen molar-refractivity contribution < 1.29 is 22.4 Å². The number of carbonyl (C=O) groups excluding carboxylic acids is 1. The van der Waals surface area contributed by atoms with Crippen LogP contribution in [0.2, 0.25) is 0 Å². The standard InChI is InChI=1S/C12H17F3N4O2/c1-16-11(17-6-9-4-3-5-21-9)18-7-10(20)19(2)8-12(13,14)15/h3-5H,6-8H2,1-2H3,(H2,16,17,18). The average Bonchev–Trinajstić information content (AvgIpc) is 2.89. The second-order valence-corrected chi connectivity index (χ2v) is 4.22. The van der Waals surface area contributed by atoms with Crippen molar-refractivity contribution in [2.75, 3.05) is 27.2 Å². The van der Waals surface area contributed by atoms with Gasteiger partial charge in [-0.15, -0.1) is 0 Å². The van der Waals surface area contributed by atoms with E-state index in [1.807, 2.05) is 0 Å². The van der Waals surface area contributed by atoms with Crippen molar-refractivity contribution in [1.29, 1.82) is 0 Å². The Kier molecular flexibility index (Phi) is 6.07. The number of nitrogens with one attached hydrogen (secondary N) is 2. The summed E-state index contributed by atoms with van der Waals surface area (Å²) < 4.78 is 41.5. The Balaban J connectivity index is 2.36. The van der Waals surface area contributed by atoms with E-state index in [9.17, 15) is 18.0 Å². The van der Waals surface area contributed by atoms with E-state index in [2.05, 4.69) is 15.6 Å². The summed E-state index contributed by atoms with van der Waals surface area (Å²) in [4.78, 5) is 16.0. The van der Waals surface area contributed by atoms with Crippen molar-refractivity contribution in [2.24, 2.45) is 4.99 Å². The van der Waals surface area contributed by atoms with Gasteiger partial charge in [0.1, 0.15) is 12.3 Å². The van der Waals surface area contributed by atoms with E-state index < -0.39 is 18.6 Å². The maximum absolute atomic E-state index is 12.1. The fourth-order valence-electron chi connectivity index (χ4n) is 1.46. The topological polar surface area (TPSA) is 69.9 Å². The summed E-state index contributed by atoms with van der Waals surface area (Å²) >= 11 is 0. The highest BCUT2D eigenvalue weighted by molar-refractivity contribution is 5.86. The molecule has 0 bridgehead atoms. The molecule has 6 nitrogen and oxygen atoms in total. The van der Waals surface area contributed by atoms with Crippen molar-refractivity contribution in [2.45, 2.75) is 12.7 Å². The lowest BCUT2D eigenvalue weighted by atomic mass is 10.4. The molecule has 0 saturated heterocycles. The van der Waals surface area contributed by atoms with Crippen LogP contribution in [0.1, 0.15) is 5.76 Å². The summed E-state index contributed by atoms with van der Waals surface area (Å²) in [5.41, 5.74) is 0. The molecule has 0 aliphatic rings. The molecule has 0 aromatic carbocycles. The van der Waals surface area contributed by atoms with Crippen LogP contribution in [-0.2, 0) is 11.3 Å². The van der Waals surface area contributed by atoms with Crippen LogP contribution >= 0.6 is 0 Å². The number of hydrogen-bond acceptors (Lipinski definition) is 3. The maximum Gasteiger partial charge on any atom is 0.406 e. The molecule has 118 valence electrons. The van der Waals surface area contributed by atoms with E-state index in [1.165, 1.54) is 13.3 Å². The third-order valence-electron chi connectivity index (χ3n) is 2.48. The minimum absolute atomic E-state index is 0.287. The number of furan rings is 1. The lowest BCUT2D eigenvalue weighted by Gasteiger charge is -2.19. The van der Waals surface area contributed by atoms with E-state index in [1.54, 1.807) is 12.1 Å². The molecule has 2 N–H and O–H groups in total. The van der Waals surface area contributed by atoms with Gasteiger partial charge in [0, 0.05) is 14.1 Å². The predicted molar refractivity (Wildman–Crippen MR) is 70.6 cm³/mol. The van der Waals surface area contributed by atoms with Crippen molar-refractivity contribution >= 4 is 11.9 Å². The number of guanidine groups is 1. The van der Waals surface area contributed by atoms with E-state index in [4.69, 9.17) is 4.42 Å². The zero-order chi connectivity index (χ0) is 15.9. The SMILES string of the molecule is CN=C(NCC(=O)N(C)CC(F)(F)F)NCc1ccco1. The van der Waals surface area contributed by atoms with Gasteiger partial charge in [0.05, 0.1) is 19.4 Å². The lowest BCUT2D eigenvalue weighted by Crippen LogP contribution is -2.45. The third-order valence-corrected chi connectivity index (χ3v) is 2.48. The molecular weight excluding hydrogens is 289 g/mol. The largest absolute Gasteiger partial charge is 0.467 e. The first kappa shape index (κ1) is 16.9. The van der Waals surface area contributed by atoms with Crippen LogP contribution in [0.5, 0.6) is 0 Å². The van der Waals surface area contributed by atoms with Gasteiger partial charge in [0.25, 0.3) is 0 Å². The first-order valence-electron chi connectivity index (χ1n) is 6.09. The summed E-state index contributed by atoms with van der Waals surface area (Å²) in [5, 5.41) is 5.50. The number of halogens is 3. The first-order chi connectivity index (χ1) is 9.81. The minimum Gasteiger partial charge on any atom is -0.467 e. The van der Waals surface area contributed by atoms with E-state index in [0.29, 0.717) is 23.2 Å². The van der Waals surface area contributed by atoms with E-state index >= 15 is 0 Å². The number of alkyl halides is 3. The molecule has 1 rings (SSSR count). The van der Waals surface area contributed by atoms with Crippen molar-refractivity contribution in [3.05, 3.63) is 24.2 Å². The predicted octanol–water partition coefficient (Wildman–Crippen LogP) is 0.965. The molecule has 0 aliphatic carbocycles. The fourth-order valence-corrected chi connectivity index (χ4v) is 1.46. The molecule has 0 saturated carbocycles. The van der Waals surface area contributed by atoms with Crippen LogP contribution in [0.15, 0.2) is 27.8 Å². The normalized spacial score (nSPS) is 12.1. The maximum atomic E-state index is 12.1. The van der Waals surface area contributed by atoms with Gasteiger partial charge in [-0.25, -0.2) is 0 Å². The number of amides is 1.